The van der Waals surface area contributed by atoms with Crippen LogP contribution < -0.4 is 0 Å². The monoisotopic (exact) mass is 170 g/mol. The highest BCUT2D eigenvalue weighted by Crippen LogP contribution is 2.25. The molecule has 2 atom stereocenters. The van der Waals surface area contributed by atoms with Gasteiger partial charge in [0, 0.05) is 0 Å². The van der Waals surface area contributed by atoms with Gasteiger partial charge in [0.05, 0.1) is 0 Å². The molecule has 0 unspecified atom stereocenters. The fourth-order valence-corrected chi connectivity index (χ4v) is 1.10. The topological polar surface area (TPSA) is 77.8 Å². The molecular formula is C8H10O4. The number of aliphatic hydroxyl groups is 2. The molecule has 0 aromatic heterocycles. The van der Waals surface area contributed by atoms with Crippen LogP contribution in [0, 0.1) is 0 Å². The first kappa shape index (κ1) is 8.96. The molecule has 0 spiro atoms. The van der Waals surface area contributed by atoms with Crippen LogP contribution in [0.4, 0.5) is 0 Å². The maximum absolute atomic E-state index is 10.6. The van der Waals surface area contributed by atoms with E-state index in [-0.39, 0.29) is 5.57 Å². The van der Waals surface area contributed by atoms with Crippen LogP contribution in [0.5, 0.6) is 0 Å². The van der Waals surface area contributed by atoms with E-state index in [0.717, 1.165) is 0 Å². The first-order valence-electron chi connectivity index (χ1n) is 3.49. The summed E-state index contributed by atoms with van der Waals surface area (Å²) in [5.74, 6) is -1.44. The van der Waals surface area contributed by atoms with Crippen LogP contribution in [-0.2, 0) is 4.79 Å². The quantitative estimate of drug-likeness (QED) is 0.504. The van der Waals surface area contributed by atoms with Gasteiger partial charge in [0.25, 0.3) is 0 Å². The summed E-state index contributed by atoms with van der Waals surface area (Å²) in [6, 6.07) is 0. The molecule has 1 aliphatic rings. The van der Waals surface area contributed by atoms with Crippen molar-refractivity contribution in [3.05, 3.63) is 23.8 Å². The fourth-order valence-electron chi connectivity index (χ4n) is 1.10. The average molecular weight is 170 g/mol. The van der Waals surface area contributed by atoms with Crippen molar-refractivity contribution in [3.8, 4) is 0 Å². The van der Waals surface area contributed by atoms with Gasteiger partial charge in [0.1, 0.15) is 6.10 Å². The largest absolute Gasteiger partial charge is 0.479 e. The number of carboxylic acid groups (broad SMARTS) is 1. The Morgan fingerprint density at radius 2 is 2.25 bits per heavy atom. The maximum Gasteiger partial charge on any atom is 0.343 e. The van der Waals surface area contributed by atoms with Crippen molar-refractivity contribution < 1.29 is 20.1 Å². The zero-order valence-electron chi connectivity index (χ0n) is 6.56. The highest BCUT2D eigenvalue weighted by Gasteiger charge is 2.45. The van der Waals surface area contributed by atoms with Crippen molar-refractivity contribution in [1.29, 1.82) is 0 Å². The van der Waals surface area contributed by atoms with E-state index < -0.39 is 17.7 Å². The maximum atomic E-state index is 10.6. The molecule has 1 rings (SSSR count). The summed E-state index contributed by atoms with van der Waals surface area (Å²) in [7, 11) is 0. The minimum absolute atomic E-state index is 0.227. The van der Waals surface area contributed by atoms with Crippen molar-refractivity contribution >= 4 is 5.97 Å². The predicted octanol–water partition coefficient (Wildman–Crippen LogP) is -0.321. The smallest absolute Gasteiger partial charge is 0.343 e. The molecule has 4 nitrogen and oxygen atoms in total. The molecule has 0 saturated heterocycles. The number of aliphatic carboxylic acids is 1. The van der Waals surface area contributed by atoms with E-state index in [1.807, 2.05) is 0 Å². The van der Waals surface area contributed by atoms with Gasteiger partial charge in [0.15, 0.2) is 0 Å². The first-order valence-corrected chi connectivity index (χ1v) is 3.49. The van der Waals surface area contributed by atoms with Crippen molar-refractivity contribution in [2.24, 2.45) is 0 Å². The summed E-state index contributed by atoms with van der Waals surface area (Å²) in [6.07, 6.45) is 2.83. The van der Waals surface area contributed by atoms with Gasteiger partial charge in [-0.2, -0.15) is 0 Å². The Morgan fingerprint density at radius 1 is 1.67 bits per heavy atom. The Hall–Kier alpha value is -1.13. The molecule has 0 aromatic rings. The summed E-state index contributed by atoms with van der Waals surface area (Å²) in [5, 5.41) is 27.4. The molecule has 12 heavy (non-hydrogen) atoms. The third-order valence-corrected chi connectivity index (χ3v) is 1.99. The second-order valence-corrected chi connectivity index (χ2v) is 2.75. The Labute approximate surface area is 69.5 Å². The number of rotatable bonds is 1. The molecule has 4 heteroatoms. The molecule has 0 amide bonds. The van der Waals surface area contributed by atoms with Crippen molar-refractivity contribution in [1.82, 2.24) is 0 Å². The number of aliphatic hydroxyl groups excluding tert-OH is 1. The summed E-state index contributed by atoms with van der Waals surface area (Å²) >= 11 is 0. The number of hydrogen-bond acceptors (Lipinski definition) is 3. The zero-order chi connectivity index (χ0) is 9.35. The molecule has 0 heterocycles. The lowest BCUT2D eigenvalue weighted by Gasteiger charge is -2.29. The highest BCUT2D eigenvalue weighted by molar-refractivity contribution is 5.83. The van der Waals surface area contributed by atoms with Crippen LogP contribution in [0.1, 0.15) is 6.92 Å². The lowest BCUT2D eigenvalue weighted by Crippen LogP contribution is -2.50. The van der Waals surface area contributed by atoms with Crippen molar-refractivity contribution in [2.75, 3.05) is 0 Å². The van der Waals surface area contributed by atoms with E-state index >= 15 is 0 Å². The van der Waals surface area contributed by atoms with Gasteiger partial charge in [-0.1, -0.05) is 18.2 Å². The molecule has 66 valence electrons. The number of carbonyl (C=O) groups is 1. The Balaban J connectivity index is 3.10. The lowest BCUT2D eigenvalue weighted by atomic mass is 9.85. The van der Waals surface area contributed by atoms with Crippen LogP contribution in [0.3, 0.4) is 0 Å². The fraction of sp³-hybridized carbons (Fsp3) is 0.375. The van der Waals surface area contributed by atoms with Crippen LogP contribution in [-0.4, -0.2) is 33.0 Å². The van der Waals surface area contributed by atoms with Gasteiger partial charge in [-0.15, -0.1) is 0 Å². The molecule has 3 N–H and O–H groups in total. The zero-order valence-corrected chi connectivity index (χ0v) is 6.56. The van der Waals surface area contributed by atoms with Gasteiger partial charge >= 0.3 is 5.97 Å². The van der Waals surface area contributed by atoms with E-state index in [1.165, 1.54) is 25.2 Å². The van der Waals surface area contributed by atoms with Crippen LogP contribution in [0.25, 0.3) is 0 Å². The van der Waals surface area contributed by atoms with E-state index in [4.69, 9.17) is 5.11 Å². The van der Waals surface area contributed by atoms with Gasteiger partial charge in [0.2, 0.25) is 5.60 Å². The van der Waals surface area contributed by atoms with Gasteiger partial charge in [-0.3, -0.25) is 0 Å². The molecule has 0 bridgehead atoms. The Morgan fingerprint density at radius 3 is 2.58 bits per heavy atom. The molecule has 1 aliphatic carbocycles. The minimum atomic E-state index is -2.16. The molecular weight excluding hydrogens is 160 g/mol. The van der Waals surface area contributed by atoms with E-state index in [9.17, 15) is 15.0 Å². The number of allylic oxidation sites excluding steroid dienone is 2. The van der Waals surface area contributed by atoms with Gasteiger partial charge in [-0.05, 0) is 12.5 Å². The van der Waals surface area contributed by atoms with E-state index in [0.29, 0.717) is 0 Å². The van der Waals surface area contributed by atoms with E-state index in [2.05, 4.69) is 0 Å². The number of carboxylic acids is 1. The highest BCUT2D eigenvalue weighted by atomic mass is 16.4. The minimum Gasteiger partial charge on any atom is -0.479 e. The number of hydrogen-bond donors (Lipinski definition) is 3. The SMILES string of the molecule is CC1=CC=C[C@H](O)[C@@]1(O)C(=O)O. The third-order valence-electron chi connectivity index (χ3n) is 1.99. The summed E-state index contributed by atoms with van der Waals surface area (Å²) in [6.45, 7) is 1.46. The predicted molar refractivity (Wildman–Crippen MR) is 41.5 cm³/mol. The molecule has 0 aromatic carbocycles. The summed E-state index contributed by atoms with van der Waals surface area (Å²) in [4.78, 5) is 10.6. The lowest BCUT2D eigenvalue weighted by molar-refractivity contribution is -0.162. The van der Waals surface area contributed by atoms with Gasteiger partial charge < -0.3 is 15.3 Å². The van der Waals surface area contributed by atoms with Gasteiger partial charge in [-0.25, -0.2) is 4.79 Å². The third kappa shape index (κ3) is 1.05. The Kier molecular flexibility index (Phi) is 2.04. The standard InChI is InChI=1S/C8H10O4/c1-5-3-2-4-6(9)8(5,12)7(10)11/h2-4,6,9,12H,1H3,(H,10,11)/t6-,8+/m0/s1. The Bertz CT molecular complexity index is 266. The van der Waals surface area contributed by atoms with Crippen molar-refractivity contribution in [3.63, 3.8) is 0 Å². The summed E-state index contributed by atoms with van der Waals surface area (Å²) < 4.78 is 0. The van der Waals surface area contributed by atoms with Crippen LogP contribution >= 0.6 is 0 Å². The second-order valence-electron chi connectivity index (χ2n) is 2.75. The van der Waals surface area contributed by atoms with Crippen molar-refractivity contribution in [2.45, 2.75) is 18.6 Å². The molecule has 0 fully saturated rings. The van der Waals surface area contributed by atoms with E-state index in [1.54, 1.807) is 0 Å². The first-order chi connectivity index (χ1) is 5.49. The van der Waals surface area contributed by atoms with Crippen LogP contribution in [0.2, 0.25) is 0 Å². The second kappa shape index (κ2) is 2.73. The average Bonchev–Trinajstić information content (AvgIpc) is 1.99. The molecule has 0 aliphatic heterocycles. The summed E-state index contributed by atoms with van der Waals surface area (Å²) in [5.41, 5.74) is -1.93. The molecule has 0 radical (unpaired) electrons. The molecule has 0 saturated carbocycles. The normalized spacial score (nSPS) is 34.6. The van der Waals surface area contributed by atoms with Crippen LogP contribution in [0.15, 0.2) is 23.8 Å².